The second-order valence-corrected chi connectivity index (χ2v) is 7.34. The molecule has 0 fully saturated rings. The Morgan fingerprint density at radius 3 is 2.61 bits per heavy atom. The second-order valence-electron chi connectivity index (χ2n) is 7.34. The zero-order valence-electron chi connectivity index (χ0n) is 18.3. The Labute approximate surface area is 189 Å². The summed E-state index contributed by atoms with van der Waals surface area (Å²) in [5, 5.41) is 8.94. The van der Waals surface area contributed by atoms with Crippen molar-refractivity contribution in [1.82, 2.24) is 4.98 Å². The van der Waals surface area contributed by atoms with Crippen LogP contribution in [0.4, 0.5) is 8.78 Å². The van der Waals surface area contributed by atoms with Crippen LogP contribution in [-0.2, 0) is 6.42 Å². The van der Waals surface area contributed by atoms with Crippen molar-refractivity contribution < 1.29 is 37.3 Å². The minimum atomic E-state index is -2.98. The van der Waals surface area contributed by atoms with E-state index in [1.165, 1.54) is 18.4 Å². The summed E-state index contributed by atoms with van der Waals surface area (Å²) in [6.45, 7) is 0.512. The molecular weight excluding hydrogens is 436 g/mol. The number of ketones is 1. The molecule has 0 saturated carbocycles. The highest BCUT2D eigenvalue weighted by atomic mass is 19.3. The van der Waals surface area contributed by atoms with Crippen molar-refractivity contribution in [3.05, 3.63) is 60.0 Å². The van der Waals surface area contributed by atoms with Crippen molar-refractivity contribution >= 4 is 5.78 Å². The molecule has 7 nitrogen and oxygen atoms in total. The summed E-state index contributed by atoms with van der Waals surface area (Å²) in [7, 11) is 0. The number of aliphatic hydroxyl groups is 1. The molecule has 1 aromatic heterocycles. The molecule has 0 unspecified atom stereocenters. The van der Waals surface area contributed by atoms with Crippen LogP contribution in [-0.4, -0.2) is 41.8 Å². The van der Waals surface area contributed by atoms with Crippen LogP contribution in [0.2, 0.25) is 0 Å². The molecule has 9 heteroatoms. The summed E-state index contributed by atoms with van der Waals surface area (Å²) in [6, 6.07) is 11.3. The van der Waals surface area contributed by atoms with Crippen molar-refractivity contribution in [3.8, 4) is 28.7 Å². The van der Waals surface area contributed by atoms with Crippen LogP contribution < -0.4 is 14.2 Å². The number of nitrogens with zero attached hydrogens (tertiary/aromatic N) is 1. The second kappa shape index (κ2) is 11.4. The Morgan fingerprint density at radius 2 is 1.88 bits per heavy atom. The van der Waals surface area contributed by atoms with Crippen molar-refractivity contribution in [1.29, 1.82) is 0 Å². The Bertz CT molecular complexity index is 1070. The summed E-state index contributed by atoms with van der Waals surface area (Å²) in [5.41, 5.74) is 1.51. The topological polar surface area (TPSA) is 91.0 Å². The number of aromatic nitrogens is 1. The number of hydrogen-bond acceptors (Lipinski definition) is 7. The molecule has 2 aromatic carbocycles. The van der Waals surface area contributed by atoms with E-state index in [0.29, 0.717) is 29.0 Å². The lowest BCUT2D eigenvalue weighted by molar-refractivity contribution is -0.0518. The number of Topliss-reactive ketones (excluding diaryl/α,β-unsaturated/α-hetero) is 1. The summed E-state index contributed by atoms with van der Waals surface area (Å²) < 4.78 is 46.4. The summed E-state index contributed by atoms with van der Waals surface area (Å²) in [6.07, 6.45) is 1.70. The first kappa shape index (κ1) is 24.2. The van der Waals surface area contributed by atoms with E-state index < -0.39 is 6.61 Å². The minimum absolute atomic E-state index is 0.0816. The molecule has 0 spiro atoms. The van der Waals surface area contributed by atoms with Gasteiger partial charge in [0.25, 0.3) is 0 Å². The number of benzene rings is 2. The molecule has 0 aliphatic rings. The van der Waals surface area contributed by atoms with Gasteiger partial charge in [-0.1, -0.05) is 12.1 Å². The molecule has 3 rings (SSSR count). The standard InChI is InChI=1S/C24H25F2NO6/c1-15(2)32-22-13-16(7-10-21(22)33-24(25)26)23-27-17(14-31-23)8-9-19(29)18-5-3-4-6-20(18)30-12-11-28/h3-7,10,13-15,24,28H,8-9,11-12H2,1-2H3. The molecule has 0 saturated heterocycles. The third-order valence-corrected chi connectivity index (χ3v) is 4.47. The number of para-hydroxylation sites is 1. The van der Waals surface area contributed by atoms with E-state index in [1.54, 1.807) is 44.2 Å². The smallest absolute Gasteiger partial charge is 0.387 e. The molecule has 0 amide bonds. The van der Waals surface area contributed by atoms with E-state index in [0.717, 1.165) is 0 Å². The van der Waals surface area contributed by atoms with Gasteiger partial charge in [0.15, 0.2) is 17.3 Å². The molecular formula is C24H25F2NO6. The lowest BCUT2D eigenvalue weighted by atomic mass is 10.0. The molecule has 0 aliphatic carbocycles. The van der Waals surface area contributed by atoms with Gasteiger partial charge < -0.3 is 23.7 Å². The van der Waals surface area contributed by atoms with Crippen molar-refractivity contribution in [2.24, 2.45) is 0 Å². The molecule has 1 heterocycles. The Morgan fingerprint density at radius 1 is 1.09 bits per heavy atom. The largest absolute Gasteiger partial charge is 0.490 e. The highest BCUT2D eigenvalue weighted by Gasteiger charge is 2.17. The molecule has 1 N–H and O–H groups in total. The quantitative estimate of drug-likeness (QED) is 0.383. The van der Waals surface area contributed by atoms with Gasteiger partial charge in [-0.15, -0.1) is 0 Å². The van der Waals surface area contributed by atoms with E-state index in [4.69, 9.17) is 19.0 Å². The fourth-order valence-corrected chi connectivity index (χ4v) is 3.09. The number of ether oxygens (including phenoxy) is 3. The fourth-order valence-electron chi connectivity index (χ4n) is 3.09. The van der Waals surface area contributed by atoms with Gasteiger partial charge in [0, 0.05) is 18.4 Å². The van der Waals surface area contributed by atoms with Gasteiger partial charge in [-0.25, -0.2) is 4.98 Å². The highest BCUT2D eigenvalue weighted by molar-refractivity contribution is 5.98. The van der Waals surface area contributed by atoms with Crippen LogP contribution in [0, 0.1) is 0 Å². The SMILES string of the molecule is CC(C)Oc1cc(-c2nc(CCC(=O)c3ccccc3OCCO)co2)ccc1OC(F)F. The Kier molecular flexibility index (Phi) is 8.37. The number of hydrogen-bond donors (Lipinski definition) is 1. The zero-order chi connectivity index (χ0) is 23.8. The molecule has 0 bridgehead atoms. The van der Waals surface area contributed by atoms with Crippen molar-refractivity contribution in [2.75, 3.05) is 13.2 Å². The van der Waals surface area contributed by atoms with E-state index >= 15 is 0 Å². The average Bonchev–Trinajstić information content (AvgIpc) is 3.26. The number of carbonyl (C=O) groups excluding carboxylic acids is 1. The molecule has 176 valence electrons. The molecule has 0 aliphatic heterocycles. The van der Waals surface area contributed by atoms with Gasteiger partial charge >= 0.3 is 6.61 Å². The molecule has 0 atom stereocenters. The maximum absolute atomic E-state index is 12.7. The summed E-state index contributed by atoms with van der Waals surface area (Å²) in [5.74, 6) is 0.621. The van der Waals surface area contributed by atoms with Crippen LogP contribution >= 0.6 is 0 Å². The lowest BCUT2D eigenvalue weighted by Gasteiger charge is -2.15. The molecule has 33 heavy (non-hydrogen) atoms. The van der Waals surface area contributed by atoms with E-state index in [2.05, 4.69) is 9.72 Å². The third-order valence-electron chi connectivity index (χ3n) is 4.47. The number of alkyl halides is 2. The van der Waals surface area contributed by atoms with Gasteiger partial charge in [-0.05, 0) is 44.2 Å². The Balaban J connectivity index is 1.71. The average molecular weight is 461 g/mol. The summed E-state index contributed by atoms with van der Waals surface area (Å²) in [4.78, 5) is 17.1. The number of halogens is 2. The predicted molar refractivity (Wildman–Crippen MR) is 116 cm³/mol. The van der Waals surface area contributed by atoms with Crippen molar-refractivity contribution in [3.63, 3.8) is 0 Å². The van der Waals surface area contributed by atoms with E-state index in [1.807, 2.05) is 0 Å². The van der Waals surface area contributed by atoms with Gasteiger partial charge in [0.05, 0.1) is 24.0 Å². The van der Waals surface area contributed by atoms with E-state index in [-0.39, 0.29) is 48.9 Å². The number of aliphatic hydroxyl groups excluding tert-OH is 1. The van der Waals surface area contributed by atoms with Crippen LogP contribution in [0.1, 0.15) is 36.3 Å². The number of carbonyl (C=O) groups is 1. The maximum Gasteiger partial charge on any atom is 0.387 e. The zero-order valence-corrected chi connectivity index (χ0v) is 18.3. The third kappa shape index (κ3) is 6.76. The fraction of sp³-hybridized carbons (Fsp3) is 0.333. The van der Waals surface area contributed by atoms with E-state index in [9.17, 15) is 13.6 Å². The first-order valence-corrected chi connectivity index (χ1v) is 10.4. The predicted octanol–water partition coefficient (Wildman–Crippen LogP) is 4.92. The minimum Gasteiger partial charge on any atom is -0.490 e. The maximum atomic E-state index is 12.7. The monoisotopic (exact) mass is 461 g/mol. The number of rotatable bonds is 12. The van der Waals surface area contributed by atoms with Crippen molar-refractivity contribution in [2.45, 2.75) is 39.4 Å². The van der Waals surface area contributed by atoms with Crippen LogP contribution in [0.5, 0.6) is 17.2 Å². The van der Waals surface area contributed by atoms with Crippen LogP contribution in [0.15, 0.2) is 53.1 Å². The summed E-state index contributed by atoms with van der Waals surface area (Å²) >= 11 is 0. The highest BCUT2D eigenvalue weighted by Crippen LogP contribution is 2.34. The van der Waals surface area contributed by atoms with Gasteiger partial charge in [-0.2, -0.15) is 8.78 Å². The molecule has 3 aromatic rings. The Hall–Kier alpha value is -3.46. The normalized spacial score (nSPS) is 11.1. The van der Waals surface area contributed by atoms with Gasteiger partial charge in [0.1, 0.15) is 18.6 Å². The molecule has 0 radical (unpaired) electrons. The lowest BCUT2D eigenvalue weighted by Crippen LogP contribution is -2.09. The van der Waals surface area contributed by atoms with Gasteiger partial charge in [0.2, 0.25) is 5.89 Å². The first-order valence-electron chi connectivity index (χ1n) is 10.4. The number of aryl methyl sites for hydroxylation is 1. The van der Waals surface area contributed by atoms with Gasteiger partial charge in [-0.3, -0.25) is 4.79 Å². The first-order chi connectivity index (χ1) is 15.9. The van der Waals surface area contributed by atoms with Crippen LogP contribution in [0.25, 0.3) is 11.5 Å². The number of oxazole rings is 1. The van der Waals surface area contributed by atoms with Crippen LogP contribution in [0.3, 0.4) is 0 Å².